The first kappa shape index (κ1) is 18.2. The molecule has 0 aromatic carbocycles. The lowest BCUT2D eigenvalue weighted by Crippen LogP contribution is -2.15. The zero-order valence-electron chi connectivity index (χ0n) is 13.7. The lowest BCUT2D eigenvalue weighted by Gasteiger charge is -2.04. The molecule has 0 fully saturated rings. The van der Waals surface area contributed by atoms with Crippen molar-refractivity contribution in [2.45, 2.75) is 38.8 Å². The molecule has 6 nitrogen and oxygen atoms in total. The Bertz CT molecular complexity index is 849. The van der Waals surface area contributed by atoms with Gasteiger partial charge in [-0.1, -0.05) is 25.1 Å². The summed E-state index contributed by atoms with van der Waals surface area (Å²) in [6.45, 7) is 5.79. The first-order valence-electron chi connectivity index (χ1n) is 7.47. The molecule has 8 heteroatoms. The molecular weight excluding hydrogens is 344 g/mol. The Hall–Kier alpha value is -2.11. The first-order chi connectivity index (χ1) is 11.4. The van der Waals surface area contributed by atoms with Crippen LogP contribution in [-0.4, -0.2) is 21.6 Å². The summed E-state index contributed by atoms with van der Waals surface area (Å²) in [7, 11) is 0. The summed E-state index contributed by atoms with van der Waals surface area (Å²) in [6.07, 6.45) is 1.62. The number of rotatable bonds is 6. The van der Waals surface area contributed by atoms with E-state index in [1.165, 1.54) is 29.2 Å². The maximum Gasteiger partial charge on any atom is 0.251 e. The van der Waals surface area contributed by atoms with Gasteiger partial charge >= 0.3 is 0 Å². The van der Waals surface area contributed by atoms with Crippen LogP contribution >= 0.6 is 23.1 Å². The number of nitrogens with one attached hydrogen (secondary N) is 2. The fraction of sp³-hybridized carbons (Fsp3) is 0.375. The predicted molar refractivity (Wildman–Crippen MR) is 96.7 cm³/mol. The maximum absolute atomic E-state index is 12.1. The number of hydrogen-bond donors (Lipinski definition) is 2. The van der Waals surface area contributed by atoms with E-state index in [2.05, 4.69) is 21.4 Å². The van der Waals surface area contributed by atoms with Gasteiger partial charge in [0, 0.05) is 16.6 Å². The smallest absolute Gasteiger partial charge is 0.251 e. The Kier molecular flexibility index (Phi) is 6.17. The van der Waals surface area contributed by atoms with Crippen molar-refractivity contribution in [2.24, 2.45) is 0 Å². The molecule has 24 heavy (non-hydrogen) atoms. The maximum atomic E-state index is 12.1. The van der Waals surface area contributed by atoms with E-state index in [4.69, 9.17) is 0 Å². The van der Waals surface area contributed by atoms with Gasteiger partial charge < -0.3 is 10.3 Å². The number of anilines is 1. The second-order valence-electron chi connectivity index (χ2n) is 5.23. The van der Waals surface area contributed by atoms with Gasteiger partial charge in [0.2, 0.25) is 5.91 Å². The summed E-state index contributed by atoms with van der Waals surface area (Å²) in [6, 6.07) is 3.60. The van der Waals surface area contributed by atoms with Crippen LogP contribution < -0.4 is 10.9 Å². The van der Waals surface area contributed by atoms with Crippen LogP contribution in [0.5, 0.6) is 0 Å². The largest absolute Gasteiger partial charge is 0.316 e. The zero-order valence-corrected chi connectivity index (χ0v) is 15.4. The summed E-state index contributed by atoms with van der Waals surface area (Å²) >= 11 is 2.56. The highest BCUT2D eigenvalue weighted by atomic mass is 32.2. The Morgan fingerprint density at radius 1 is 1.50 bits per heavy atom. The van der Waals surface area contributed by atoms with Crippen LogP contribution in [0.25, 0.3) is 0 Å². The molecule has 2 heterocycles. The van der Waals surface area contributed by atoms with Gasteiger partial charge in [0.05, 0.1) is 11.3 Å². The molecule has 0 aliphatic heterocycles. The van der Waals surface area contributed by atoms with E-state index in [1.54, 1.807) is 0 Å². The summed E-state index contributed by atoms with van der Waals surface area (Å²) in [5.74, 6) is -0.124. The molecule has 0 radical (unpaired) electrons. The fourth-order valence-corrected chi connectivity index (χ4v) is 3.80. The SMILES string of the molecule is CCCc1cc(=O)[nH]c(SCC(=O)Nc2sc(C)c(C)c2C#N)n1. The highest BCUT2D eigenvalue weighted by molar-refractivity contribution is 7.99. The third-order valence-electron chi connectivity index (χ3n) is 3.37. The minimum Gasteiger partial charge on any atom is -0.316 e. The summed E-state index contributed by atoms with van der Waals surface area (Å²) in [4.78, 5) is 31.7. The minimum atomic E-state index is -0.235. The number of aromatic amines is 1. The molecule has 126 valence electrons. The van der Waals surface area contributed by atoms with Crippen molar-refractivity contribution in [3.05, 3.63) is 38.1 Å². The topological polar surface area (TPSA) is 98.6 Å². The number of thiophene rings is 1. The van der Waals surface area contributed by atoms with E-state index < -0.39 is 0 Å². The quantitative estimate of drug-likeness (QED) is 0.608. The van der Waals surface area contributed by atoms with Crippen LogP contribution in [0.2, 0.25) is 0 Å². The molecule has 0 aliphatic rings. The third-order valence-corrected chi connectivity index (χ3v) is 5.37. The number of thioether (sulfide) groups is 1. The average molecular weight is 362 g/mol. The lowest BCUT2D eigenvalue weighted by atomic mass is 10.2. The molecule has 1 amide bonds. The molecule has 0 atom stereocenters. The Morgan fingerprint density at radius 2 is 2.25 bits per heavy atom. The second kappa shape index (κ2) is 8.13. The van der Waals surface area contributed by atoms with Crippen molar-refractivity contribution < 1.29 is 4.79 Å². The van der Waals surface area contributed by atoms with Crippen LogP contribution in [0.3, 0.4) is 0 Å². The van der Waals surface area contributed by atoms with Crippen LogP contribution in [0.4, 0.5) is 5.00 Å². The highest BCUT2D eigenvalue weighted by Gasteiger charge is 2.15. The van der Waals surface area contributed by atoms with E-state index in [9.17, 15) is 14.9 Å². The number of H-pyrrole nitrogens is 1. The Balaban J connectivity index is 2.03. The standard InChI is InChI=1S/C16H18N4O2S2/c1-4-5-11-6-13(21)20-16(18-11)23-8-14(22)19-15-12(7-17)9(2)10(3)24-15/h6H,4-5,8H2,1-3H3,(H,19,22)(H,18,20,21). The average Bonchev–Trinajstić information content (AvgIpc) is 2.79. The first-order valence-corrected chi connectivity index (χ1v) is 9.27. The lowest BCUT2D eigenvalue weighted by molar-refractivity contribution is -0.113. The van der Waals surface area contributed by atoms with Crippen LogP contribution in [-0.2, 0) is 11.2 Å². The molecule has 2 rings (SSSR count). The monoisotopic (exact) mass is 362 g/mol. The van der Waals surface area contributed by atoms with Gasteiger partial charge in [-0.3, -0.25) is 9.59 Å². The van der Waals surface area contributed by atoms with E-state index in [0.29, 0.717) is 15.7 Å². The van der Waals surface area contributed by atoms with E-state index in [1.807, 2.05) is 20.8 Å². The molecule has 0 spiro atoms. The number of amides is 1. The normalized spacial score (nSPS) is 10.4. The summed E-state index contributed by atoms with van der Waals surface area (Å²) in [5, 5.41) is 13.0. The molecule has 0 saturated heterocycles. The van der Waals surface area contributed by atoms with Crippen molar-refractivity contribution in [1.82, 2.24) is 9.97 Å². The number of carbonyl (C=O) groups is 1. The predicted octanol–water partition coefficient (Wildman–Crippen LogP) is 3.00. The Morgan fingerprint density at radius 3 is 2.92 bits per heavy atom. The van der Waals surface area contributed by atoms with Crippen LogP contribution in [0, 0.1) is 25.2 Å². The number of hydrogen-bond acceptors (Lipinski definition) is 6. The number of aromatic nitrogens is 2. The molecule has 2 aromatic heterocycles. The van der Waals surface area contributed by atoms with Gasteiger partial charge in [-0.05, 0) is 25.8 Å². The van der Waals surface area contributed by atoms with Gasteiger partial charge in [0.1, 0.15) is 11.1 Å². The minimum absolute atomic E-state index is 0.110. The highest BCUT2D eigenvalue weighted by Crippen LogP contribution is 2.31. The van der Waals surface area contributed by atoms with Crippen molar-refractivity contribution >= 4 is 34.0 Å². The third kappa shape index (κ3) is 4.46. The van der Waals surface area contributed by atoms with Crippen LogP contribution in [0.1, 0.15) is 35.0 Å². The van der Waals surface area contributed by atoms with Gasteiger partial charge in [0.25, 0.3) is 5.56 Å². The molecule has 0 aliphatic carbocycles. The van der Waals surface area contributed by atoms with Crippen molar-refractivity contribution in [2.75, 3.05) is 11.1 Å². The van der Waals surface area contributed by atoms with Crippen molar-refractivity contribution in [1.29, 1.82) is 5.26 Å². The van der Waals surface area contributed by atoms with E-state index in [-0.39, 0.29) is 17.2 Å². The van der Waals surface area contributed by atoms with E-state index >= 15 is 0 Å². The molecule has 2 aromatic rings. The van der Waals surface area contributed by atoms with Gasteiger partial charge in [-0.2, -0.15) is 5.26 Å². The van der Waals surface area contributed by atoms with Gasteiger partial charge in [0.15, 0.2) is 5.16 Å². The number of nitrogens with zero attached hydrogens (tertiary/aromatic N) is 2. The summed E-state index contributed by atoms with van der Waals surface area (Å²) < 4.78 is 0. The molecular formula is C16H18N4O2S2. The van der Waals surface area contributed by atoms with Crippen LogP contribution in [0.15, 0.2) is 16.0 Å². The summed E-state index contributed by atoms with van der Waals surface area (Å²) in [5.41, 5.74) is 1.91. The number of nitriles is 1. The van der Waals surface area contributed by atoms with Gasteiger partial charge in [-0.25, -0.2) is 4.98 Å². The van der Waals surface area contributed by atoms with Gasteiger partial charge in [-0.15, -0.1) is 11.3 Å². The van der Waals surface area contributed by atoms with E-state index in [0.717, 1.165) is 29.0 Å². The fourth-order valence-electron chi connectivity index (χ4n) is 2.08. The van der Waals surface area contributed by atoms with Crippen molar-refractivity contribution in [3.63, 3.8) is 0 Å². The molecule has 0 bridgehead atoms. The molecule has 0 unspecified atom stereocenters. The molecule has 2 N–H and O–H groups in total. The zero-order chi connectivity index (χ0) is 17.7. The Labute approximate surface area is 148 Å². The van der Waals surface area contributed by atoms with Crippen molar-refractivity contribution in [3.8, 4) is 6.07 Å². The second-order valence-corrected chi connectivity index (χ2v) is 7.42. The molecule has 0 saturated carbocycles. The number of carbonyl (C=O) groups excluding carboxylic acids is 1. The number of aryl methyl sites for hydroxylation is 2.